The lowest BCUT2D eigenvalue weighted by Crippen LogP contribution is -2.47. The van der Waals surface area contributed by atoms with Crippen LogP contribution in [-0.2, 0) is 0 Å². The molecule has 1 aliphatic heterocycles. The van der Waals surface area contributed by atoms with Crippen LogP contribution in [0.3, 0.4) is 0 Å². The summed E-state index contributed by atoms with van der Waals surface area (Å²) >= 11 is 0. The first-order valence-electron chi connectivity index (χ1n) is 8.71. The van der Waals surface area contributed by atoms with E-state index in [-0.39, 0.29) is 0 Å². The summed E-state index contributed by atoms with van der Waals surface area (Å²) in [7, 11) is 0. The van der Waals surface area contributed by atoms with Gasteiger partial charge in [0.15, 0.2) is 0 Å². The van der Waals surface area contributed by atoms with E-state index < -0.39 is 0 Å². The first kappa shape index (κ1) is 16.3. The molecular weight excluding hydrogens is 326 g/mol. The number of piperazine rings is 1. The van der Waals surface area contributed by atoms with Gasteiger partial charge in [0.1, 0.15) is 5.82 Å². The van der Waals surface area contributed by atoms with Gasteiger partial charge in [0.25, 0.3) is 0 Å². The number of hydrogen-bond acceptors (Lipinski definition) is 7. The molecule has 1 fully saturated rings. The summed E-state index contributed by atoms with van der Waals surface area (Å²) in [6, 6.07) is 12.0. The van der Waals surface area contributed by atoms with Gasteiger partial charge < -0.3 is 15.1 Å². The Morgan fingerprint density at radius 3 is 2.38 bits per heavy atom. The smallest absolute Gasteiger partial charge is 0.229 e. The predicted molar refractivity (Wildman–Crippen MR) is 103 cm³/mol. The summed E-state index contributed by atoms with van der Waals surface area (Å²) in [6.07, 6.45) is 5.36. The van der Waals surface area contributed by atoms with Gasteiger partial charge in [-0.25, -0.2) is 15.0 Å². The van der Waals surface area contributed by atoms with Crippen LogP contribution in [0.4, 0.5) is 23.4 Å². The van der Waals surface area contributed by atoms with Gasteiger partial charge in [0.05, 0.1) is 0 Å². The molecule has 7 heteroatoms. The van der Waals surface area contributed by atoms with Crippen LogP contribution in [0.2, 0.25) is 0 Å². The van der Waals surface area contributed by atoms with Gasteiger partial charge >= 0.3 is 0 Å². The lowest BCUT2D eigenvalue weighted by atomic mass is 10.2. The minimum absolute atomic E-state index is 0.613. The van der Waals surface area contributed by atoms with Crippen LogP contribution in [0.25, 0.3) is 0 Å². The number of aryl methyl sites for hydroxylation is 1. The summed E-state index contributed by atoms with van der Waals surface area (Å²) in [5, 5.41) is 3.28. The van der Waals surface area contributed by atoms with Crippen LogP contribution >= 0.6 is 0 Å². The van der Waals surface area contributed by atoms with Crippen LogP contribution in [0.15, 0.2) is 55.0 Å². The van der Waals surface area contributed by atoms with Crippen molar-refractivity contribution in [3.05, 3.63) is 60.6 Å². The highest BCUT2D eigenvalue weighted by atomic mass is 15.3. The van der Waals surface area contributed by atoms with Crippen molar-refractivity contribution in [1.82, 2.24) is 19.9 Å². The molecule has 0 radical (unpaired) electrons. The van der Waals surface area contributed by atoms with Crippen molar-refractivity contribution in [1.29, 1.82) is 0 Å². The molecule has 1 aliphatic rings. The molecule has 0 amide bonds. The standard InChI is InChI=1S/C19H21N7/c1-15-4-2-5-16(14-15)23-18-20-9-6-17(24-18)25-10-12-26(13-11-25)19-21-7-3-8-22-19/h2-9,14H,10-13H2,1H3,(H,20,23,24). The van der Waals surface area contributed by atoms with Crippen molar-refractivity contribution in [2.75, 3.05) is 41.3 Å². The second-order valence-electron chi connectivity index (χ2n) is 6.26. The maximum atomic E-state index is 4.67. The van der Waals surface area contributed by atoms with E-state index in [4.69, 9.17) is 0 Å². The molecule has 0 atom stereocenters. The van der Waals surface area contributed by atoms with E-state index in [2.05, 4.69) is 54.1 Å². The average molecular weight is 347 g/mol. The SMILES string of the molecule is Cc1cccc(Nc2nccc(N3CCN(c4ncccn4)CC3)n2)c1. The van der Waals surface area contributed by atoms with E-state index in [1.165, 1.54) is 5.56 Å². The van der Waals surface area contributed by atoms with Gasteiger partial charge in [0.2, 0.25) is 11.9 Å². The van der Waals surface area contributed by atoms with Gasteiger partial charge in [-0.2, -0.15) is 4.98 Å². The summed E-state index contributed by atoms with van der Waals surface area (Å²) in [5.74, 6) is 2.34. The van der Waals surface area contributed by atoms with Crippen molar-refractivity contribution >= 4 is 23.4 Å². The van der Waals surface area contributed by atoms with Crippen molar-refractivity contribution in [3.63, 3.8) is 0 Å². The van der Waals surface area contributed by atoms with E-state index in [0.717, 1.165) is 43.6 Å². The molecule has 0 unspecified atom stereocenters. The summed E-state index contributed by atoms with van der Waals surface area (Å²) in [5.41, 5.74) is 2.19. The summed E-state index contributed by atoms with van der Waals surface area (Å²) in [6.45, 7) is 5.56. The molecule has 3 aromatic rings. The molecule has 1 aromatic carbocycles. The average Bonchev–Trinajstić information content (AvgIpc) is 2.69. The van der Waals surface area contributed by atoms with E-state index in [1.54, 1.807) is 18.6 Å². The zero-order chi connectivity index (χ0) is 17.8. The fourth-order valence-electron chi connectivity index (χ4n) is 3.03. The van der Waals surface area contributed by atoms with E-state index in [0.29, 0.717) is 5.95 Å². The number of hydrogen-bond donors (Lipinski definition) is 1. The Morgan fingerprint density at radius 1 is 0.846 bits per heavy atom. The van der Waals surface area contributed by atoms with E-state index in [9.17, 15) is 0 Å². The van der Waals surface area contributed by atoms with Crippen LogP contribution in [0.1, 0.15) is 5.56 Å². The second-order valence-corrected chi connectivity index (χ2v) is 6.26. The quantitative estimate of drug-likeness (QED) is 0.778. The highest BCUT2D eigenvalue weighted by molar-refractivity contribution is 5.56. The molecule has 2 aromatic heterocycles. The lowest BCUT2D eigenvalue weighted by molar-refractivity contribution is 0.634. The summed E-state index contributed by atoms with van der Waals surface area (Å²) < 4.78 is 0. The largest absolute Gasteiger partial charge is 0.353 e. The Labute approximate surface area is 152 Å². The normalized spacial score (nSPS) is 14.3. The van der Waals surface area contributed by atoms with Crippen molar-refractivity contribution < 1.29 is 0 Å². The molecule has 1 N–H and O–H groups in total. The molecule has 132 valence electrons. The van der Waals surface area contributed by atoms with Crippen LogP contribution in [-0.4, -0.2) is 46.1 Å². The highest BCUT2D eigenvalue weighted by Gasteiger charge is 2.20. The van der Waals surface area contributed by atoms with Gasteiger partial charge in [-0.3, -0.25) is 0 Å². The van der Waals surface area contributed by atoms with E-state index in [1.807, 2.05) is 24.3 Å². The first-order valence-corrected chi connectivity index (χ1v) is 8.71. The van der Waals surface area contributed by atoms with Gasteiger partial charge in [-0.1, -0.05) is 12.1 Å². The van der Waals surface area contributed by atoms with Crippen LogP contribution in [0.5, 0.6) is 0 Å². The van der Waals surface area contributed by atoms with Gasteiger partial charge in [-0.15, -0.1) is 0 Å². The third-order valence-electron chi connectivity index (χ3n) is 4.35. The third-order valence-corrected chi connectivity index (χ3v) is 4.35. The second kappa shape index (κ2) is 7.35. The highest BCUT2D eigenvalue weighted by Crippen LogP contribution is 2.19. The lowest BCUT2D eigenvalue weighted by Gasteiger charge is -2.35. The Kier molecular flexibility index (Phi) is 4.59. The molecule has 7 nitrogen and oxygen atoms in total. The molecule has 0 spiro atoms. The number of anilines is 4. The molecule has 3 heterocycles. The van der Waals surface area contributed by atoms with Gasteiger partial charge in [-0.05, 0) is 36.8 Å². The maximum Gasteiger partial charge on any atom is 0.229 e. The number of aromatic nitrogens is 4. The molecule has 4 rings (SSSR count). The zero-order valence-corrected chi connectivity index (χ0v) is 14.7. The Balaban J connectivity index is 1.43. The van der Waals surface area contributed by atoms with Crippen molar-refractivity contribution in [2.24, 2.45) is 0 Å². The maximum absolute atomic E-state index is 4.67. The molecule has 0 aliphatic carbocycles. The van der Waals surface area contributed by atoms with E-state index >= 15 is 0 Å². The fraction of sp³-hybridized carbons (Fsp3) is 0.263. The first-order chi connectivity index (χ1) is 12.8. The molecule has 26 heavy (non-hydrogen) atoms. The number of rotatable bonds is 4. The molecule has 0 saturated carbocycles. The molecule has 0 bridgehead atoms. The monoisotopic (exact) mass is 347 g/mol. The fourth-order valence-corrected chi connectivity index (χ4v) is 3.03. The van der Waals surface area contributed by atoms with Crippen molar-refractivity contribution in [2.45, 2.75) is 6.92 Å². The Hall–Kier alpha value is -3.22. The summed E-state index contributed by atoms with van der Waals surface area (Å²) in [4.78, 5) is 22.1. The Bertz CT molecular complexity index is 861. The number of nitrogens with one attached hydrogen (secondary N) is 1. The number of nitrogens with zero attached hydrogens (tertiary/aromatic N) is 6. The molecule has 1 saturated heterocycles. The van der Waals surface area contributed by atoms with Crippen molar-refractivity contribution in [3.8, 4) is 0 Å². The van der Waals surface area contributed by atoms with Crippen LogP contribution < -0.4 is 15.1 Å². The molecular formula is C19H21N7. The minimum Gasteiger partial charge on any atom is -0.353 e. The number of benzene rings is 1. The Morgan fingerprint density at radius 2 is 1.62 bits per heavy atom. The topological polar surface area (TPSA) is 70.1 Å². The van der Waals surface area contributed by atoms with Gasteiger partial charge in [0, 0.05) is 50.5 Å². The third kappa shape index (κ3) is 3.72. The van der Waals surface area contributed by atoms with Crippen LogP contribution in [0, 0.1) is 6.92 Å². The minimum atomic E-state index is 0.613. The zero-order valence-electron chi connectivity index (χ0n) is 14.7. The predicted octanol–water partition coefficient (Wildman–Crippen LogP) is 2.65.